The molecule has 0 aromatic heterocycles. The lowest BCUT2D eigenvalue weighted by molar-refractivity contribution is -0.385. The van der Waals surface area contributed by atoms with E-state index in [4.69, 9.17) is 0 Å². The van der Waals surface area contributed by atoms with Gasteiger partial charge in [0.25, 0.3) is 5.69 Å². The van der Waals surface area contributed by atoms with Gasteiger partial charge in [0.1, 0.15) is 0 Å². The van der Waals surface area contributed by atoms with E-state index in [2.05, 4.69) is 0 Å². The number of hydrogen-bond donors (Lipinski definition) is 1. The first-order valence-corrected chi connectivity index (χ1v) is 8.23. The molecule has 1 N–H and O–H groups in total. The van der Waals surface area contributed by atoms with E-state index >= 15 is 0 Å². The lowest BCUT2D eigenvalue weighted by Gasteiger charge is -2.28. The molecule has 6 heteroatoms. The van der Waals surface area contributed by atoms with Crippen LogP contribution in [0, 0.1) is 10.1 Å². The van der Waals surface area contributed by atoms with Gasteiger partial charge in [-0.25, -0.2) is 0 Å². The maximum atomic E-state index is 12.7. The van der Waals surface area contributed by atoms with Gasteiger partial charge in [0.05, 0.1) is 23.5 Å². The zero-order chi connectivity index (χ0) is 16.4. The van der Waals surface area contributed by atoms with Crippen molar-refractivity contribution in [1.29, 1.82) is 0 Å². The van der Waals surface area contributed by atoms with Gasteiger partial charge in [0, 0.05) is 17.7 Å². The van der Waals surface area contributed by atoms with Crippen molar-refractivity contribution in [3.8, 4) is 0 Å². The fraction of sp³-hybridized carbons (Fsp3) is 0.588. The minimum atomic E-state index is -0.882. The van der Waals surface area contributed by atoms with E-state index in [1.165, 1.54) is 6.07 Å². The number of hydrogen-bond acceptors (Lipinski definition) is 4. The molecule has 2 saturated carbocycles. The molecule has 2 fully saturated rings. The summed E-state index contributed by atoms with van der Waals surface area (Å²) in [5.74, 6) is -0.0879. The molecule has 23 heavy (non-hydrogen) atoms. The van der Waals surface area contributed by atoms with E-state index in [1.54, 1.807) is 23.1 Å². The highest BCUT2D eigenvalue weighted by atomic mass is 16.6. The van der Waals surface area contributed by atoms with E-state index in [-0.39, 0.29) is 30.6 Å². The molecule has 0 atom stereocenters. The average molecular weight is 318 g/mol. The van der Waals surface area contributed by atoms with Crippen molar-refractivity contribution >= 4 is 11.6 Å². The second-order valence-electron chi connectivity index (χ2n) is 6.75. The standard InChI is InChI=1S/C17H22N2O4/c20-16(11-17(21)9-3-4-10-17)18(14-7-8-14)12-13-5-1-2-6-15(13)19(22)23/h1-2,5-6,14,21H,3-4,7-12H2. The summed E-state index contributed by atoms with van der Waals surface area (Å²) >= 11 is 0. The third kappa shape index (κ3) is 3.69. The smallest absolute Gasteiger partial charge is 0.274 e. The predicted molar refractivity (Wildman–Crippen MR) is 84.7 cm³/mol. The molecular weight excluding hydrogens is 296 g/mol. The summed E-state index contributed by atoms with van der Waals surface area (Å²) in [6.45, 7) is 0.247. The summed E-state index contributed by atoms with van der Waals surface area (Å²) in [4.78, 5) is 25.1. The van der Waals surface area contributed by atoms with Crippen LogP contribution in [0.25, 0.3) is 0 Å². The van der Waals surface area contributed by atoms with Crippen LogP contribution in [0.4, 0.5) is 5.69 Å². The van der Waals surface area contributed by atoms with Crippen molar-refractivity contribution in [3.63, 3.8) is 0 Å². The van der Waals surface area contributed by atoms with Crippen molar-refractivity contribution in [2.75, 3.05) is 0 Å². The zero-order valence-electron chi connectivity index (χ0n) is 13.1. The van der Waals surface area contributed by atoms with Crippen molar-refractivity contribution in [1.82, 2.24) is 4.90 Å². The van der Waals surface area contributed by atoms with Gasteiger partial charge in [-0.3, -0.25) is 14.9 Å². The van der Waals surface area contributed by atoms with Crippen LogP contribution in [0.5, 0.6) is 0 Å². The number of para-hydroxylation sites is 1. The molecule has 0 spiro atoms. The number of nitrogens with zero attached hydrogens (tertiary/aromatic N) is 2. The number of benzene rings is 1. The molecule has 1 aromatic carbocycles. The summed E-state index contributed by atoms with van der Waals surface area (Å²) in [7, 11) is 0. The van der Waals surface area contributed by atoms with E-state index in [9.17, 15) is 20.0 Å². The van der Waals surface area contributed by atoms with Gasteiger partial charge in [-0.05, 0) is 25.7 Å². The van der Waals surface area contributed by atoms with Gasteiger partial charge < -0.3 is 10.0 Å². The van der Waals surface area contributed by atoms with Gasteiger partial charge in [-0.2, -0.15) is 0 Å². The molecule has 0 unspecified atom stereocenters. The van der Waals surface area contributed by atoms with Crippen LogP contribution in [-0.2, 0) is 11.3 Å². The molecule has 6 nitrogen and oxygen atoms in total. The fourth-order valence-electron chi connectivity index (χ4n) is 3.41. The number of rotatable bonds is 6. The van der Waals surface area contributed by atoms with E-state index in [0.29, 0.717) is 18.4 Å². The first-order chi connectivity index (χ1) is 11.0. The average Bonchev–Trinajstić information content (AvgIpc) is 3.26. The maximum Gasteiger partial charge on any atom is 0.274 e. The van der Waals surface area contributed by atoms with E-state index < -0.39 is 10.5 Å². The van der Waals surface area contributed by atoms with Crippen LogP contribution in [-0.4, -0.2) is 32.5 Å². The Bertz CT molecular complexity index is 606. The Kier molecular flexibility index (Phi) is 4.35. The first kappa shape index (κ1) is 15.9. The third-order valence-corrected chi connectivity index (χ3v) is 4.85. The molecule has 1 amide bonds. The van der Waals surface area contributed by atoms with E-state index in [0.717, 1.165) is 25.7 Å². The molecule has 3 rings (SSSR count). The second-order valence-corrected chi connectivity index (χ2v) is 6.75. The summed E-state index contributed by atoms with van der Waals surface area (Å²) in [5, 5.41) is 21.6. The van der Waals surface area contributed by atoms with Gasteiger partial charge in [-0.15, -0.1) is 0 Å². The van der Waals surface area contributed by atoms with Gasteiger partial charge in [0.15, 0.2) is 0 Å². The minimum absolute atomic E-state index is 0.0468. The van der Waals surface area contributed by atoms with Crippen LogP contribution in [0.2, 0.25) is 0 Å². The number of aliphatic hydroxyl groups is 1. The maximum absolute atomic E-state index is 12.7. The molecule has 2 aliphatic carbocycles. The molecule has 1 aromatic rings. The number of carbonyl (C=O) groups is 1. The third-order valence-electron chi connectivity index (χ3n) is 4.85. The number of nitro benzene ring substituents is 1. The lowest BCUT2D eigenvalue weighted by Crippen LogP contribution is -2.39. The fourth-order valence-corrected chi connectivity index (χ4v) is 3.41. The number of amides is 1. The van der Waals surface area contributed by atoms with Crippen LogP contribution in [0.15, 0.2) is 24.3 Å². The van der Waals surface area contributed by atoms with Crippen molar-refractivity contribution < 1.29 is 14.8 Å². The largest absolute Gasteiger partial charge is 0.389 e. The summed E-state index contributed by atoms with van der Waals surface area (Å²) in [6, 6.07) is 6.71. The molecule has 0 radical (unpaired) electrons. The monoisotopic (exact) mass is 318 g/mol. The van der Waals surface area contributed by atoms with Crippen LogP contribution < -0.4 is 0 Å². The number of nitro groups is 1. The van der Waals surface area contributed by atoms with Gasteiger partial charge in [-0.1, -0.05) is 31.0 Å². The van der Waals surface area contributed by atoms with Gasteiger partial charge >= 0.3 is 0 Å². The molecule has 0 heterocycles. The van der Waals surface area contributed by atoms with Crippen molar-refractivity contribution in [3.05, 3.63) is 39.9 Å². The Morgan fingerprint density at radius 2 is 1.96 bits per heavy atom. The molecule has 0 saturated heterocycles. The summed E-state index contributed by atoms with van der Waals surface area (Å²) < 4.78 is 0. The molecule has 0 aliphatic heterocycles. The lowest BCUT2D eigenvalue weighted by atomic mass is 9.97. The Labute approximate surface area is 135 Å². The minimum Gasteiger partial charge on any atom is -0.389 e. The normalized spacial score (nSPS) is 19.5. The molecule has 124 valence electrons. The zero-order valence-corrected chi connectivity index (χ0v) is 13.1. The van der Waals surface area contributed by atoms with Gasteiger partial charge in [0.2, 0.25) is 5.91 Å². The van der Waals surface area contributed by atoms with E-state index in [1.807, 2.05) is 0 Å². The predicted octanol–water partition coefficient (Wildman–Crippen LogP) is 2.78. The Hall–Kier alpha value is -1.95. The summed E-state index contributed by atoms with van der Waals surface area (Å²) in [5.41, 5.74) is -0.283. The molecule has 2 aliphatic rings. The van der Waals surface area contributed by atoms with Crippen LogP contribution in [0.1, 0.15) is 50.5 Å². The SMILES string of the molecule is O=C(CC1(O)CCCC1)N(Cc1ccccc1[N+](=O)[O-])C1CC1. The molecule has 0 bridgehead atoms. The van der Waals surface area contributed by atoms with Crippen LogP contribution in [0.3, 0.4) is 0 Å². The molecular formula is C17H22N2O4. The highest BCUT2D eigenvalue weighted by Gasteiger charge is 2.39. The highest BCUT2D eigenvalue weighted by molar-refractivity contribution is 5.78. The Balaban J connectivity index is 1.75. The Morgan fingerprint density at radius 1 is 1.30 bits per heavy atom. The second kappa shape index (κ2) is 6.28. The first-order valence-electron chi connectivity index (χ1n) is 8.23. The highest BCUT2D eigenvalue weighted by Crippen LogP contribution is 2.36. The van der Waals surface area contributed by atoms with Crippen molar-refractivity contribution in [2.24, 2.45) is 0 Å². The number of carbonyl (C=O) groups excluding carboxylic acids is 1. The van der Waals surface area contributed by atoms with Crippen molar-refractivity contribution in [2.45, 2.75) is 63.1 Å². The topological polar surface area (TPSA) is 83.7 Å². The quantitative estimate of drug-likeness (QED) is 0.645. The summed E-state index contributed by atoms with van der Waals surface area (Å²) in [6.07, 6.45) is 5.25. The Morgan fingerprint density at radius 3 is 2.57 bits per heavy atom. The van der Waals surface area contributed by atoms with Crippen LogP contribution >= 0.6 is 0 Å².